The molecule has 0 saturated carbocycles. The molecule has 30 heavy (non-hydrogen) atoms. The molecule has 1 aliphatic rings. The monoisotopic (exact) mass is 423 g/mol. The van der Waals surface area contributed by atoms with Crippen LogP contribution >= 0.6 is 11.6 Å². The Bertz CT molecular complexity index is 1180. The van der Waals surface area contributed by atoms with Gasteiger partial charge in [0.1, 0.15) is 0 Å². The normalized spacial score (nSPS) is 14.4. The molecule has 0 atom stereocenters. The summed E-state index contributed by atoms with van der Waals surface area (Å²) in [6.07, 6.45) is 2.91. The fraction of sp³-hybridized carbons (Fsp3) is 0.0455. The molecule has 0 unspecified atom stereocenters. The summed E-state index contributed by atoms with van der Waals surface area (Å²) in [5.41, 5.74) is 1.22. The molecule has 150 valence electrons. The number of esters is 2. The predicted molar refractivity (Wildman–Crippen MR) is 109 cm³/mol. The van der Waals surface area contributed by atoms with E-state index in [1.807, 2.05) is 0 Å². The number of cyclic esters (lactones) is 1. The summed E-state index contributed by atoms with van der Waals surface area (Å²) in [5.74, 6) is -0.553. The highest BCUT2D eigenvalue weighted by atomic mass is 35.5. The van der Waals surface area contributed by atoms with E-state index in [1.54, 1.807) is 48.5 Å². The smallest absolute Gasteiger partial charge is 0.379 e. The molecular formula is C22H14ClNO6. The van der Waals surface area contributed by atoms with Crippen LogP contribution in [0.5, 0.6) is 11.5 Å². The van der Waals surface area contributed by atoms with E-state index in [1.165, 1.54) is 25.5 Å². The number of methoxy groups -OCH3 is 1. The first-order valence-electron chi connectivity index (χ1n) is 8.76. The first-order valence-corrected chi connectivity index (χ1v) is 9.14. The van der Waals surface area contributed by atoms with Crippen LogP contribution in [-0.4, -0.2) is 24.9 Å². The van der Waals surface area contributed by atoms with Crippen LogP contribution in [0.1, 0.15) is 21.7 Å². The zero-order chi connectivity index (χ0) is 21.1. The van der Waals surface area contributed by atoms with Gasteiger partial charge in [-0.3, -0.25) is 0 Å². The number of rotatable bonds is 5. The molecule has 3 aromatic rings. The molecule has 0 aliphatic carbocycles. The van der Waals surface area contributed by atoms with E-state index in [9.17, 15) is 9.59 Å². The van der Waals surface area contributed by atoms with Crippen LogP contribution < -0.4 is 9.47 Å². The Balaban J connectivity index is 1.60. The molecule has 0 saturated heterocycles. The van der Waals surface area contributed by atoms with E-state index in [0.717, 1.165) is 0 Å². The zero-order valence-electron chi connectivity index (χ0n) is 15.6. The first-order chi connectivity index (χ1) is 14.5. The van der Waals surface area contributed by atoms with Crippen LogP contribution in [0.2, 0.25) is 5.02 Å². The van der Waals surface area contributed by atoms with Gasteiger partial charge in [0.15, 0.2) is 17.2 Å². The first kappa shape index (κ1) is 19.5. The Morgan fingerprint density at radius 2 is 1.93 bits per heavy atom. The van der Waals surface area contributed by atoms with E-state index in [4.69, 9.17) is 30.2 Å². The predicted octanol–water partition coefficient (Wildman–Crippen LogP) is 4.51. The topological polar surface area (TPSA) is 87.3 Å². The molecule has 0 fully saturated rings. The largest absolute Gasteiger partial charge is 0.493 e. The third-order valence-electron chi connectivity index (χ3n) is 4.14. The third-order valence-corrected chi connectivity index (χ3v) is 4.47. The number of benzene rings is 2. The maximum absolute atomic E-state index is 12.2. The minimum atomic E-state index is -0.655. The van der Waals surface area contributed by atoms with Crippen molar-refractivity contribution in [2.45, 2.75) is 0 Å². The average molecular weight is 424 g/mol. The highest BCUT2D eigenvalue weighted by molar-refractivity contribution is 6.34. The van der Waals surface area contributed by atoms with Gasteiger partial charge in [-0.2, -0.15) is 0 Å². The van der Waals surface area contributed by atoms with Gasteiger partial charge in [-0.25, -0.2) is 14.6 Å². The Labute approximate surface area is 176 Å². The second kappa shape index (κ2) is 8.26. The van der Waals surface area contributed by atoms with Gasteiger partial charge < -0.3 is 18.6 Å². The van der Waals surface area contributed by atoms with Gasteiger partial charge in [0.25, 0.3) is 0 Å². The average Bonchev–Trinajstić information content (AvgIpc) is 3.40. The van der Waals surface area contributed by atoms with Gasteiger partial charge in [0.05, 0.1) is 24.0 Å². The van der Waals surface area contributed by atoms with Crippen LogP contribution in [0.4, 0.5) is 0 Å². The SMILES string of the molecule is COc1cc(/C=C2/N=C(c3ccccc3Cl)OC2=O)ccc1OC(=O)c1ccco1. The van der Waals surface area contributed by atoms with Crippen molar-refractivity contribution in [2.24, 2.45) is 4.99 Å². The highest BCUT2D eigenvalue weighted by Crippen LogP contribution is 2.31. The summed E-state index contributed by atoms with van der Waals surface area (Å²) >= 11 is 6.14. The molecule has 1 aromatic heterocycles. The molecule has 4 rings (SSSR count). The molecule has 0 N–H and O–H groups in total. The Hall–Kier alpha value is -3.84. The Morgan fingerprint density at radius 1 is 1.10 bits per heavy atom. The number of furan rings is 1. The molecule has 0 spiro atoms. The van der Waals surface area contributed by atoms with Crippen molar-refractivity contribution in [2.75, 3.05) is 7.11 Å². The molecule has 1 aliphatic heterocycles. The van der Waals surface area contributed by atoms with Gasteiger partial charge in [0, 0.05) is 0 Å². The number of halogens is 1. The van der Waals surface area contributed by atoms with Crippen LogP contribution in [0, 0.1) is 0 Å². The fourth-order valence-corrected chi connectivity index (χ4v) is 2.94. The minimum absolute atomic E-state index is 0.0680. The minimum Gasteiger partial charge on any atom is -0.493 e. The lowest BCUT2D eigenvalue weighted by Gasteiger charge is -2.09. The van der Waals surface area contributed by atoms with Gasteiger partial charge in [-0.1, -0.05) is 29.8 Å². The van der Waals surface area contributed by atoms with E-state index < -0.39 is 11.9 Å². The third kappa shape index (κ3) is 3.97. The van der Waals surface area contributed by atoms with Crippen molar-refractivity contribution in [1.82, 2.24) is 0 Å². The van der Waals surface area contributed by atoms with E-state index in [-0.39, 0.29) is 23.1 Å². The number of carbonyl (C=O) groups is 2. The summed E-state index contributed by atoms with van der Waals surface area (Å²) in [5, 5.41) is 0.426. The van der Waals surface area contributed by atoms with Gasteiger partial charge >= 0.3 is 11.9 Å². The highest BCUT2D eigenvalue weighted by Gasteiger charge is 2.25. The molecule has 0 bridgehead atoms. The molecule has 2 aromatic carbocycles. The van der Waals surface area contributed by atoms with Crippen LogP contribution in [0.3, 0.4) is 0 Å². The fourth-order valence-electron chi connectivity index (χ4n) is 2.72. The van der Waals surface area contributed by atoms with Crippen LogP contribution in [0.15, 0.2) is 76.0 Å². The number of hydrogen-bond donors (Lipinski definition) is 0. The quantitative estimate of drug-likeness (QED) is 0.341. The van der Waals surface area contributed by atoms with Crippen molar-refractivity contribution in [3.05, 3.63) is 88.5 Å². The second-order valence-corrected chi connectivity index (χ2v) is 6.50. The number of aliphatic imine (C=N–C) groups is 1. The maximum Gasteiger partial charge on any atom is 0.379 e. The standard InChI is InChI=1S/C22H14ClNO6/c1-27-19-12-13(8-9-17(19)29-22(26)18-7-4-10-28-18)11-16-21(25)30-20(24-16)14-5-2-3-6-15(14)23/h2-12H,1H3/b16-11+. The zero-order valence-corrected chi connectivity index (χ0v) is 16.4. The number of carbonyl (C=O) groups excluding carboxylic acids is 2. The molecule has 2 heterocycles. The lowest BCUT2D eigenvalue weighted by atomic mass is 10.1. The lowest BCUT2D eigenvalue weighted by molar-refractivity contribution is -0.129. The van der Waals surface area contributed by atoms with Crippen molar-refractivity contribution >= 4 is 35.5 Å². The van der Waals surface area contributed by atoms with Crippen molar-refractivity contribution < 1.29 is 28.2 Å². The van der Waals surface area contributed by atoms with Gasteiger partial charge in [-0.15, -0.1) is 0 Å². The molecule has 0 radical (unpaired) electrons. The maximum atomic E-state index is 12.2. The summed E-state index contributed by atoms with van der Waals surface area (Å²) < 4.78 is 20.9. The Morgan fingerprint density at radius 3 is 2.67 bits per heavy atom. The molecule has 0 amide bonds. The molecule has 7 nitrogen and oxygen atoms in total. The van der Waals surface area contributed by atoms with Gasteiger partial charge in [0.2, 0.25) is 11.7 Å². The molecular weight excluding hydrogens is 410 g/mol. The van der Waals surface area contributed by atoms with Crippen LogP contribution in [-0.2, 0) is 9.53 Å². The summed E-state index contributed by atoms with van der Waals surface area (Å²) in [6.45, 7) is 0. The number of nitrogens with zero attached hydrogens (tertiary/aromatic N) is 1. The lowest BCUT2D eigenvalue weighted by Crippen LogP contribution is -2.08. The summed E-state index contributed by atoms with van der Waals surface area (Å²) in [4.78, 5) is 28.5. The van der Waals surface area contributed by atoms with E-state index >= 15 is 0 Å². The van der Waals surface area contributed by atoms with Crippen molar-refractivity contribution in [3.63, 3.8) is 0 Å². The number of ether oxygens (including phenoxy) is 3. The van der Waals surface area contributed by atoms with E-state index in [2.05, 4.69) is 4.99 Å². The van der Waals surface area contributed by atoms with Gasteiger partial charge in [-0.05, 0) is 48.0 Å². The summed E-state index contributed by atoms with van der Waals surface area (Å²) in [7, 11) is 1.44. The second-order valence-electron chi connectivity index (χ2n) is 6.09. The summed E-state index contributed by atoms with van der Waals surface area (Å²) in [6, 6.07) is 14.8. The Kier molecular flexibility index (Phi) is 5.36. The van der Waals surface area contributed by atoms with Crippen molar-refractivity contribution in [1.29, 1.82) is 0 Å². The van der Waals surface area contributed by atoms with Crippen molar-refractivity contribution in [3.8, 4) is 11.5 Å². The van der Waals surface area contributed by atoms with E-state index in [0.29, 0.717) is 21.9 Å². The van der Waals surface area contributed by atoms with Crippen LogP contribution in [0.25, 0.3) is 6.08 Å². The molecule has 8 heteroatoms. The number of hydrogen-bond acceptors (Lipinski definition) is 7.